The summed E-state index contributed by atoms with van der Waals surface area (Å²) >= 11 is 0. The molecule has 2 fully saturated rings. The zero-order valence-corrected chi connectivity index (χ0v) is 17.9. The summed E-state index contributed by atoms with van der Waals surface area (Å²) in [5, 5.41) is 0. The van der Waals surface area contributed by atoms with Crippen LogP contribution in [-0.4, -0.2) is 31.8 Å². The molecule has 3 aliphatic carbocycles. The maximum absolute atomic E-state index is 11.6. The molecule has 1 aromatic rings. The number of rotatable bonds is 4. The molecule has 0 amide bonds. The Morgan fingerprint density at radius 3 is 2.59 bits per heavy atom. The van der Waals surface area contributed by atoms with Gasteiger partial charge in [0.05, 0.1) is 6.61 Å². The molecule has 0 heterocycles. The lowest BCUT2D eigenvalue weighted by Crippen LogP contribution is -2.45. The Labute approximate surface area is 173 Å². The Morgan fingerprint density at radius 2 is 1.90 bits per heavy atom. The standard InChI is InChI=1S/C24H32O5/c1-14(25)28-17-5-6-18-19-9-10-24(3)22(7-8-23(24)29-15(2)26)21(19)11-16(13-27-4)20(18)12-17/h5-6,12,16,19,21-23H,7-11,13H2,1-4H3. The Bertz CT molecular complexity index is 802. The van der Waals surface area contributed by atoms with E-state index in [9.17, 15) is 9.59 Å². The largest absolute Gasteiger partial charge is 0.462 e. The van der Waals surface area contributed by atoms with E-state index in [4.69, 9.17) is 14.2 Å². The highest BCUT2D eigenvalue weighted by atomic mass is 16.5. The number of methoxy groups -OCH3 is 1. The first-order chi connectivity index (χ1) is 13.8. The Kier molecular flexibility index (Phi) is 5.45. The number of esters is 2. The quantitative estimate of drug-likeness (QED) is 0.547. The molecule has 6 atom stereocenters. The predicted octanol–water partition coefficient (Wildman–Crippen LogP) is 4.59. The van der Waals surface area contributed by atoms with Crippen molar-refractivity contribution in [3.63, 3.8) is 0 Å². The Hall–Kier alpha value is -1.88. The molecular weight excluding hydrogens is 368 g/mol. The van der Waals surface area contributed by atoms with E-state index in [1.54, 1.807) is 7.11 Å². The second-order valence-corrected chi connectivity index (χ2v) is 9.37. The number of hydrogen-bond donors (Lipinski definition) is 0. The molecule has 0 bridgehead atoms. The molecule has 1 aromatic carbocycles. The topological polar surface area (TPSA) is 61.8 Å². The fourth-order valence-corrected chi connectivity index (χ4v) is 6.64. The van der Waals surface area contributed by atoms with Crippen molar-refractivity contribution in [2.45, 2.75) is 70.8 Å². The lowest BCUT2D eigenvalue weighted by Gasteiger charge is -2.51. The van der Waals surface area contributed by atoms with Gasteiger partial charge in [0.2, 0.25) is 0 Å². The molecular formula is C24H32O5. The van der Waals surface area contributed by atoms with Gasteiger partial charge in [0.25, 0.3) is 0 Å². The van der Waals surface area contributed by atoms with Gasteiger partial charge >= 0.3 is 11.9 Å². The van der Waals surface area contributed by atoms with E-state index in [0.29, 0.717) is 36.0 Å². The molecule has 3 aliphatic rings. The van der Waals surface area contributed by atoms with Crippen molar-refractivity contribution in [2.24, 2.45) is 17.3 Å². The third kappa shape index (κ3) is 3.58. The van der Waals surface area contributed by atoms with Crippen LogP contribution in [0.3, 0.4) is 0 Å². The van der Waals surface area contributed by atoms with Crippen molar-refractivity contribution in [1.82, 2.24) is 0 Å². The van der Waals surface area contributed by atoms with Gasteiger partial charge in [-0.25, -0.2) is 0 Å². The predicted molar refractivity (Wildman–Crippen MR) is 109 cm³/mol. The van der Waals surface area contributed by atoms with Crippen LogP contribution in [0.2, 0.25) is 0 Å². The van der Waals surface area contributed by atoms with E-state index in [2.05, 4.69) is 13.0 Å². The lowest BCUT2D eigenvalue weighted by molar-refractivity contribution is -0.154. The monoisotopic (exact) mass is 400 g/mol. The molecule has 0 N–H and O–H groups in total. The second kappa shape index (κ2) is 7.75. The highest BCUT2D eigenvalue weighted by molar-refractivity contribution is 5.69. The van der Waals surface area contributed by atoms with Gasteiger partial charge in [-0.2, -0.15) is 0 Å². The van der Waals surface area contributed by atoms with Crippen LogP contribution in [0.4, 0.5) is 0 Å². The molecule has 0 radical (unpaired) electrons. The molecule has 29 heavy (non-hydrogen) atoms. The molecule has 5 nitrogen and oxygen atoms in total. The number of benzene rings is 1. The normalized spacial score (nSPS) is 35.2. The van der Waals surface area contributed by atoms with Gasteiger partial charge in [-0.1, -0.05) is 13.0 Å². The molecule has 158 valence electrons. The molecule has 0 spiro atoms. The van der Waals surface area contributed by atoms with Crippen LogP contribution in [0.5, 0.6) is 5.75 Å². The summed E-state index contributed by atoms with van der Waals surface area (Å²) in [6, 6.07) is 6.13. The minimum Gasteiger partial charge on any atom is -0.462 e. The maximum atomic E-state index is 11.6. The lowest BCUT2D eigenvalue weighted by atomic mass is 9.54. The van der Waals surface area contributed by atoms with Gasteiger partial charge in [-0.05, 0) is 73.1 Å². The van der Waals surface area contributed by atoms with Crippen LogP contribution in [0.25, 0.3) is 0 Å². The molecule has 5 heteroatoms. The van der Waals surface area contributed by atoms with Gasteiger partial charge < -0.3 is 14.2 Å². The zero-order chi connectivity index (χ0) is 20.8. The number of carbonyl (C=O) groups excluding carboxylic acids is 2. The molecule has 0 aliphatic heterocycles. The Morgan fingerprint density at radius 1 is 1.10 bits per heavy atom. The first-order valence-corrected chi connectivity index (χ1v) is 10.8. The van der Waals surface area contributed by atoms with Crippen LogP contribution >= 0.6 is 0 Å². The van der Waals surface area contributed by atoms with E-state index in [1.807, 2.05) is 12.1 Å². The summed E-state index contributed by atoms with van der Waals surface area (Å²) in [5.41, 5.74) is 2.72. The first kappa shape index (κ1) is 20.4. The van der Waals surface area contributed by atoms with Gasteiger partial charge in [0.15, 0.2) is 0 Å². The smallest absolute Gasteiger partial charge is 0.308 e. The summed E-state index contributed by atoms with van der Waals surface area (Å²) < 4.78 is 16.7. The first-order valence-electron chi connectivity index (χ1n) is 10.8. The van der Waals surface area contributed by atoms with E-state index in [1.165, 1.54) is 25.0 Å². The van der Waals surface area contributed by atoms with E-state index < -0.39 is 0 Å². The van der Waals surface area contributed by atoms with Crippen molar-refractivity contribution in [2.75, 3.05) is 13.7 Å². The van der Waals surface area contributed by atoms with Crippen LogP contribution in [0.15, 0.2) is 18.2 Å². The molecule has 4 rings (SSSR count). The number of ether oxygens (including phenoxy) is 3. The van der Waals surface area contributed by atoms with Crippen LogP contribution in [0.1, 0.15) is 75.8 Å². The van der Waals surface area contributed by atoms with Crippen LogP contribution < -0.4 is 4.74 Å². The van der Waals surface area contributed by atoms with E-state index in [0.717, 1.165) is 32.1 Å². The molecule has 6 unspecified atom stereocenters. The number of fused-ring (bicyclic) bond motifs is 5. The summed E-state index contributed by atoms with van der Waals surface area (Å²) in [4.78, 5) is 23.0. The van der Waals surface area contributed by atoms with Crippen molar-refractivity contribution < 1.29 is 23.8 Å². The number of hydrogen-bond acceptors (Lipinski definition) is 5. The van der Waals surface area contributed by atoms with E-state index >= 15 is 0 Å². The Balaban J connectivity index is 1.66. The summed E-state index contributed by atoms with van der Waals surface area (Å²) in [6.45, 7) is 5.95. The van der Waals surface area contributed by atoms with Gasteiger partial charge in [-0.3, -0.25) is 9.59 Å². The molecule has 2 saturated carbocycles. The fraction of sp³-hybridized carbons (Fsp3) is 0.667. The minimum absolute atomic E-state index is 0.0413. The maximum Gasteiger partial charge on any atom is 0.308 e. The second-order valence-electron chi connectivity index (χ2n) is 9.37. The highest BCUT2D eigenvalue weighted by Crippen LogP contribution is 2.63. The fourth-order valence-electron chi connectivity index (χ4n) is 6.64. The summed E-state index contributed by atoms with van der Waals surface area (Å²) in [6.07, 6.45) is 5.39. The highest BCUT2D eigenvalue weighted by Gasteiger charge is 2.56. The van der Waals surface area contributed by atoms with Crippen molar-refractivity contribution in [3.8, 4) is 5.75 Å². The van der Waals surface area contributed by atoms with Crippen molar-refractivity contribution >= 4 is 11.9 Å². The molecule has 0 aromatic heterocycles. The average molecular weight is 401 g/mol. The average Bonchev–Trinajstić information content (AvgIpc) is 2.98. The summed E-state index contributed by atoms with van der Waals surface area (Å²) in [7, 11) is 1.75. The number of carbonyl (C=O) groups is 2. The van der Waals surface area contributed by atoms with Crippen molar-refractivity contribution in [3.05, 3.63) is 29.3 Å². The molecule has 0 saturated heterocycles. The van der Waals surface area contributed by atoms with Crippen molar-refractivity contribution in [1.29, 1.82) is 0 Å². The minimum atomic E-state index is -0.294. The van der Waals surface area contributed by atoms with Crippen LogP contribution in [-0.2, 0) is 19.1 Å². The van der Waals surface area contributed by atoms with Gasteiger partial charge in [0.1, 0.15) is 11.9 Å². The summed E-state index contributed by atoms with van der Waals surface area (Å²) in [5.74, 6) is 2.10. The van der Waals surface area contributed by atoms with Gasteiger partial charge in [0, 0.05) is 32.3 Å². The SMILES string of the molecule is COCC1CC2C(CCC3(C)C(OC(C)=O)CCC23)c2ccc(OC(C)=O)cc21. The van der Waals surface area contributed by atoms with E-state index in [-0.39, 0.29) is 23.5 Å². The third-order valence-corrected chi connectivity index (χ3v) is 7.74. The third-order valence-electron chi connectivity index (χ3n) is 7.74. The van der Waals surface area contributed by atoms with Crippen LogP contribution in [0, 0.1) is 17.3 Å². The van der Waals surface area contributed by atoms with Gasteiger partial charge in [-0.15, -0.1) is 0 Å². The zero-order valence-electron chi connectivity index (χ0n) is 17.9.